The van der Waals surface area contributed by atoms with Crippen molar-refractivity contribution in [1.29, 1.82) is 0 Å². The average molecular weight is 342 g/mol. The number of hydrogen-bond acceptors (Lipinski definition) is 6. The molecule has 1 saturated heterocycles. The Morgan fingerprint density at radius 2 is 1.76 bits per heavy atom. The van der Waals surface area contributed by atoms with Crippen LogP contribution in [-0.2, 0) is 0 Å². The number of aromatic nitrogens is 4. The second-order valence-electron chi connectivity index (χ2n) is 6.00. The van der Waals surface area contributed by atoms with Crippen LogP contribution in [0.3, 0.4) is 0 Å². The lowest BCUT2D eigenvalue weighted by atomic mass is 10.2. The van der Waals surface area contributed by atoms with E-state index < -0.39 is 0 Å². The van der Waals surface area contributed by atoms with Crippen LogP contribution in [-0.4, -0.2) is 53.1 Å². The molecule has 0 aliphatic carbocycles. The zero-order chi connectivity index (χ0) is 17.4. The Labute approximate surface area is 144 Å². The van der Waals surface area contributed by atoms with Crippen molar-refractivity contribution in [2.24, 2.45) is 0 Å². The molecule has 1 fully saturated rings. The molecule has 2 aromatic heterocycles. The van der Waals surface area contributed by atoms with Crippen LogP contribution < -0.4 is 14.5 Å². The Morgan fingerprint density at radius 3 is 2.52 bits per heavy atom. The average Bonchev–Trinajstić information content (AvgIpc) is 3.03. The number of anilines is 2. The molecule has 1 aromatic carbocycles. The van der Waals surface area contributed by atoms with E-state index >= 15 is 0 Å². The molecular formula is C17H19FN6O. The molecule has 3 heterocycles. The van der Waals surface area contributed by atoms with Crippen molar-refractivity contribution < 1.29 is 9.13 Å². The number of halogens is 1. The van der Waals surface area contributed by atoms with Gasteiger partial charge in [0.15, 0.2) is 23.0 Å². The van der Waals surface area contributed by atoms with Crippen LogP contribution in [0, 0.1) is 12.7 Å². The van der Waals surface area contributed by atoms with Gasteiger partial charge >= 0.3 is 0 Å². The van der Waals surface area contributed by atoms with Crippen LogP contribution in [0.4, 0.5) is 15.9 Å². The van der Waals surface area contributed by atoms with Crippen molar-refractivity contribution >= 4 is 17.2 Å². The summed E-state index contributed by atoms with van der Waals surface area (Å²) in [6.07, 6.45) is 0. The molecule has 1 aliphatic heterocycles. The third kappa shape index (κ3) is 2.84. The lowest BCUT2D eigenvalue weighted by molar-refractivity contribution is 0.386. The van der Waals surface area contributed by atoms with Crippen molar-refractivity contribution in [3.63, 3.8) is 0 Å². The summed E-state index contributed by atoms with van der Waals surface area (Å²) in [5.74, 6) is 1.61. The van der Waals surface area contributed by atoms with Gasteiger partial charge < -0.3 is 14.5 Å². The van der Waals surface area contributed by atoms with Gasteiger partial charge in [-0.1, -0.05) is 0 Å². The molecule has 0 N–H and O–H groups in total. The van der Waals surface area contributed by atoms with E-state index in [0.717, 1.165) is 49.2 Å². The summed E-state index contributed by atoms with van der Waals surface area (Å²) >= 11 is 0. The van der Waals surface area contributed by atoms with Gasteiger partial charge in [0.2, 0.25) is 0 Å². The van der Waals surface area contributed by atoms with E-state index in [1.807, 2.05) is 19.1 Å². The van der Waals surface area contributed by atoms with Crippen molar-refractivity contribution in [1.82, 2.24) is 19.8 Å². The predicted molar refractivity (Wildman–Crippen MR) is 92.9 cm³/mol. The number of piperazine rings is 1. The quantitative estimate of drug-likeness (QED) is 0.725. The molecule has 0 spiro atoms. The molecule has 3 aromatic rings. The molecule has 0 radical (unpaired) electrons. The highest BCUT2D eigenvalue weighted by Gasteiger charge is 2.20. The Bertz CT molecular complexity index is 903. The molecular weight excluding hydrogens is 323 g/mol. The largest absolute Gasteiger partial charge is 0.494 e. The van der Waals surface area contributed by atoms with Gasteiger partial charge in [-0.2, -0.15) is 4.52 Å². The molecule has 25 heavy (non-hydrogen) atoms. The van der Waals surface area contributed by atoms with Gasteiger partial charge in [0, 0.05) is 37.9 Å². The fourth-order valence-electron chi connectivity index (χ4n) is 3.09. The van der Waals surface area contributed by atoms with E-state index in [1.54, 1.807) is 16.6 Å². The molecule has 4 rings (SSSR count). The van der Waals surface area contributed by atoms with E-state index in [4.69, 9.17) is 4.74 Å². The Hall–Kier alpha value is -2.90. The van der Waals surface area contributed by atoms with Crippen molar-refractivity contribution in [3.8, 4) is 5.75 Å². The van der Waals surface area contributed by atoms with E-state index in [9.17, 15) is 4.39 Å². The highest BCUT2D eigenvalue weighted by molar-refractivity contribution is 5.53. The first kappa shape index (κ1) is 15.6. The van der Waals surface area contributed by atoms with Gasteiger partial charge in [0.1, 0.15) is 5.82 Å². The minimum atomic E-state index is -0.341. The van der Waals surface area contributed by atoms with Crippen LogP contribution in [0.15, 0.2) is 30.3 Å². The monoisotopic (exact) mass is 342 g/mol. The normalized spacial score (nSPS) is 15.0. The number of hydrogen-bond donors (Lipinski definition) is 0. The number of benzene rings is 1. The highest BCUT2D eigenvalue weighted by Crippen LogP contribution is 2.26. The summed E-state index contributed by atoms with van der Waals surface area (Å²) < 4.78 is 20.4. The first-order valence-corrected chi connectivity index (χ1v) is 8.18. The van der Waals surface area contributed by atoms with E-state index in [-0.39, 0.29) is 11.6 Å². The Morgan fingerprint density at radius 1 is 1.00 bits per heavy atom. The Balaban J connectivity index is 1.49. The number of rotatable bonds is 3. The molecule has 0 saturated carbocycles. The predicted octanol–water partition coefficient (Wildman–Crippen LogP) is 1.91. The first-order valence-electron chi connectivity index (χ1n) is 8.18. The topological polar surface area (TPSA) is 58.8 Å². The van der Waals surface area contributed by atoms with Crippen LogP contribution in [0.2, 0.25) is 0 Å². The van der Waals surface area contributed by atoms with Crippen molar-refractivity contribution in [3.05, 3.63) is 42.0 Å². The minimum Gasteiger partial charge on any atom is -0.494 e. The molecule has 130 valence electrons. The Kier molecular flexibility index (Phi) is 3.87. The van der Waals surface area contributed by atoms with Gasteiger partial charge in [0.25, 0.3) is 0 Å². The van der Waals surface area contributed by atoms with Gasteiger partial charge in [0.05, 0.1) is 7.11 Å². The maximum absolute atomic E-state index is 13.6. The molecule has 0 bridgehead atoms. The maximum atomic E-state index is 13.6. The van der Waals surface area contributed by atoms with Crippen LogP contribution in [0.5, 0.6) is 5.75 Å². The molecule has 7 nitrogen and oxygen atoms in total. The summed E-state index contributed by atoms with van der Waals surface area (Å²) in [4.78, 5) is 4.46. The van der Waals surface area contributed by atoms with Crippen molar-refractivity contribution in [2.75, 3.05) is 43.1 Å². The van der Waals surface area contributed by atoms with Gasteiger partial charge in [-0.15, -0.1) is 15.3 Å². The standard InChI is InChI=1S/C17H19FN6O/c1-12-19-20-16-5-6-17(21-24(12)16)23-9-7-22(8-10-23)13-3-4-14(18)15(11-13)25-2/h3-6,11H,7-10H2,1-2H3. The van der Waals surface area contributed by atoms with Crippen LogP contribution in [0.1, 0.15) is 5.82 Å². The lowest BCUT2D eigenvalue weighted by Gasteiger charge is -2.36. The number of methoxy groups -OCH3 is 1. The summed E-state index contributed by atoms with van der Waals surface area (Å²) in [7, 11) is 1.48. The SMILES string of the molecule is COc1cc(N2CCN(c3ccc4nnc(C)n4n3)CC2)ccc1F. The third-order valence-corrected chi connectivity index (χ3v) is 4.51. The molecule has 1 aliphatic rings. The van der Waals surface area contributed by atoms with Crippen LogP contribution in [0.25, 0.3) is 5.65 Å². The van der Waals surface area contributed by atoms with Gasteiger partial charge in [-0.05, 0) is 31.2 Å². The van der Waals surface area contributed by atoms with E-state index in [2.05, 4.69) is 25.1 Å². The minimum absolute atomic E-state index is 0.273. The molecule has 0 atom stereocenters. The summed E-state index contributed by atoms with van der Waals surface area (Å²) in [5, 5.41) is 12.7. The number of aryl methyl sites for hydroxylation is 1. The van der Waals surface area contributed by atoms with Crippen LogP contribution >= 0.6 is 0 Å². The van der Waals surface area contributed by atoms with E-state index in [1.165, 1.54) is 13.2 Å². The molecule has 0 amide bonds. The molecule has 0 unspecified atom stereocenters. The number of nitrogens with zero attached hydrogens (tertiary/aromatic N) is 6. The first-order chi connectivity index (χ1) is 12.2. The lowest BCUT2D eigenvalue weighted by Crippen LogP contribution is -2.47. The van der Waals surface area contributed by atoms with E-state index in [0.29, 0.717) is 0 Å². The summed E-state index contributed by atoms with van der Waals surface area (Å²) in [5.41, 5.74) is 1.72. The third-order valence-electron chi connectivity index (χ3n) is 4.51. The maximum Gasteiger partial charge on any atom is 0.178 e. The fraction of sp³-hybridized carbons (Fsp3) is 0.353. The summed E-state index contributed by atoms with van der Waals surface area (Å²) in [6, 6.07) is 8.89. The fourth-order valence-corrected chi connectivity index (χ4v) is 3.09. The second-order valence-corrected chi connectivity index (χ2v) is 6.00. The zero-order valence-electron chi connectivity index (χ0n) is 14.2. The smallest absolute Gasteiger partial charge is 0.178 e. The zero-order valence-corrected chi connectivity index (χ0v) is 14.2. The summed E-state index contributed by atoms with van der Waals surface area (Å²) in [6.45, 7) is 5.21. The molecule has 8 heteroatoms. The van der Waals surface area contributed by atoms with Gasteiger partial charge in [-0.25, -0.2) is 4.39 Å². The van der Waals surface area contributed by atoms with Gasteiger partial charge in [-0.3, -0.25) is 0 Å². The van der Waals surface area contributed by atoms with Crippen molar-refractivity contribution in [2.45, 2.75) is 6.92 Å². The number of fused-ring (bicyclic) bond motifs is 1. The highest BCUT2D eigenvalue weighted by atomic mass is 19.1. The second kappa shape index (κ2) is 6.19. The number of ether oxygens (including phenoxy) is 1.